The van der Waals surface area contributed by atoms with E-state index in [1.807, 2.05) is 14.0 Å². The second-order valence-electron chi connectivity index (χ2n) is 5.02. The molecule has 0 unspecified atom stereocenters. The standard InChI is InChI=1S/C16H24FN3O2/c1-3-20(16(22)5-4-10-18-2)12-15(21)19-11-13-6-8-14(17)9-7-13/h6-9,18H,3-5,10-12H2,1-2H3,(H,19,21). The molecule has 2 N–H and O–H groups in total. The molecule has 0 aliphatic rings. The van der Waals surface area contributed by atoms with Gasteiger partial charge in [-0.1, -0.05) is 12.1 Å². The van der Waals surface area contributed by atoms with Gasteiger partial charge in [0, 0.05) is 19.5 Å². The van der Waals surface area contributed by atoms with Crippen molar-refractivity contribution in [3.63, 3.8) is 0 Å². The minimum absolute atomic E-state index is 0.0188. The molecule has 0 radical (unpaired) electrons. The summed E-state index contributed by atoms with van der Waals surface area (Å²) >= 11 is 0. The fraction of sp³-hybridized carbons (Fsp3) is 0.500. The van der Waals surface area contributed by atoms with E-state index in [0.29, 0.717) is 19.5 Å². The number of hydrogen-bond acceptors (Lipinski definition) is 3. The molecule has 1 aromatic rings. The van der Waals surface area contributed by atoms with Crippen molar-refractivity contribution in [2.24, 2.45) is 0 Å². The Kier molecular flexibility index (Phi) is 8.14. The van der Waals surface area contributed by atoms with Crippen molar-refractivity contribution in [2.45, 2.75) is 26.3 Å². The largest absolute Gasteiger partial charge is 0.350 e. The summed E-state index contributed by atoms with van der Waals surface area (Å²) in [6.45, 7) is 3.51. The van der Waals surface area contributed by atoms with Gasteiger partial charge < -0.3 is 15.5 Å². The van der Waals surface area contributed by atoms with Crippen molar-refractivity contribution >= 4 is 11.8 Å². The Hall–Kier alpha value is -1.95. The van der Waals surface area contributed by atoms with Gasteiger partial charge in [0.15, 0.2) is 0 Å². The number of rotatable bonds is 9. The van der Waals surface area contributed by atoms with Crippen LogP contribution in [0.15, 0.2) is 24.3 Å². The van der Waals surface area contributed by atoms with Crippen LogP contribution in [-0.4, -0.2) is 43.4 Å². The molecule has 22 heavy (non-hydrogen) atoms. The van der Waals surface area contributed by atoms with E-state index < -0.39 is 0 Å². The third kappa shape index (κ3) is 6.67. The maximum Gasteiger partial charge on any atom is 0.239 e. The Morgan fingerprint density at radius 3 is 2.50 bits per heavy atom. The predicted octanol–water partition coefficient (Wildman–Crippen LogP) is 1.29. The third-order valence-electron chi connectivity index (χ3n) is 3.29. The third-order valence-corrected chi connectivity index (χ3v) is 3.29. The molecule has 1 aromatic carbocycles. The van der Waals surface area contributed by atoms with Gasteiger partial charge in [0.05, 0.1) is 6.54 Å². The van der Waals surface area contributed by atoms with Gasteiger partial charge in [-0.15, -0.1) is 0 Å². The summed E-state index contributed by atoms with van der Waals surface area (Å²) < 4.78 is 12.8. The van der Waals surface area contributed by atoms with E-state index in [0.717, 1.165) is 18.5 Å². The number of nitrogens with one attached hydrogen (secondary N) is 2. The topological polar surface area (TPSA) is 61.4 Å². The Balaban J connectivity index is 2.37. The van der Waals surface area contributed by atoms with Crippen molar-refractivity contribution in [1.82, 2.24) is 15.5 Å². The lowest BCUT2D eigenvalue weighted by Gasteiger charge is -2.20. The van der Waals surface area contributed by atoms with Crippen LogP contribution in [-0.2, 0) is 16.1 Å². The number of hydrogen-bond donors (Lipinski definition) is 2. The van der Waals surface area contributed by atoms with Crippen LogP contribution in [0.25, 0.3) is 0 Å². The number of carbonyl (C=O) groups excluding carboxylic acids is 2. The summed E-state index contributed by atoms with van der Waals surface area (Å²) in [6.07, 6.45) is 1.18. The molecule has 0 atom stereocenters. The number of benzene rings is 1. The highest BCUT2D eigenvalue weighted by molar-refractivity contribution is 5.84. The predicted molar refractivity (Wildman–Crippen MR) is 83.7 cm³/mol. The number of carbonyl (C=O) groups is 2. The molecular weight excluding hydrogens is 285 g/mol. The Morgan fingerprint density at radius 2 is 1.91 bits per heavy atom. The van der Waals surface area contributed by atoms with Crippen molar-refractivity contribution in [1.29, 1.82) is 0 Å². The summed E-state index contributed by atoms with van der Waals surface area (Å²) in [5, 5.41) is 5.72. The first-order valence-electron chi connectivity index (χ1n) is 7.50. The Morgan fingerprint density at radius 1 is 1.23 bits per heavy atom. The van der Waals surface area contributed by atoms with Crippen molar-refractivity contribution in [3.05, 3.63) is 35.6 Å². The first-order valence-corrected chi connectivity index (χ1v) is 7.50. The van der Waals surface area contributed by atoms with Crippen LogP contribution in [0.1, 0.15) is 25.3 Å². The van der Waals surface area contributed by atoms with Gasteiger partial charge in [0.1, 0.15) is 5.82 Å². The molecule has 0 saturated carbocycles. The van der Waals surface area contributed by atoms with Crippen LogP contribution in [0.3, 0.4) is 0 Å². The average molecular weight is 309 g/mol. The molecule has 2 amide bonds. The van der Waals surface area contributed by atoms with Crippen molar-refractivity contribution in [2.75, 3.05) is 26.7 Å². The van der Waals surface area contributed by atoms with Crippen LogP contribution < -0.4 is 10.6 Å². The fourth-order valence-corrected chi connectivity index (χ4v) is 1.98. The van der Waals surface area contributed by atoms with Crippen LogP contribution in [0.5, 0.6) is 0 Å². The smallest absolute Gasteiger partial charge is 0.239 e. The molecule has 0 aromatic heterocycles. The minimum atomic E-state index is -0.306. The molecule has 0 aliphatic heterocycles. The van der Waals surface area contributed by atoms with Gasteiger partial charge in [-0.25, -0.2) is 4.39 Å². The lowest BCUT2D eigenvalue weighted by molar-refractivity contribution is -0.136. The molecule has 0 fully saturated rings. The van der Waals surface area contributed by atoms with E-state index in [1.54, 1.807) is 12.1 Å². The van der Waals surface area contributed by atoms with E-state index in [4.69, 9.17) is 0 Å². The van der Waals surface area contributed by atoms with E-state index in [-0.39, 0.29) is 24.2 Å². The number of halogens is 1. The van der Waals surface area contributed by atoms with Gasteiger partial charge in [0.25, 0.3) is 0 Å². The summed E-state index contributed by atoms with van der Waals surface area (Å²) in [4.78, 5) is 25.4. The molecule has 0 saturated heterocycles. The molecule has 6 heteroatoms. The number of likely N-dealkylation sites (N-methyl/N-ethyl adjacent to an activating group) is 1. The normalized spacial score (nSPS) is 10.3. The summed E-state index contributed by atoms with van der Waals surface area (Å²) in [6, 6.07) is 5.95. The molecular formula is C16H24FN3O2. The van der Waals surface area contributed by atoms with E-state index in [9.17, 15) is 14.0 Å². The lowest BCUT2D eigenvalue weighted by atomic mass is 10.2. The fourth-order valence-electron chi connectivity index (χ4n) is 1.98. The minimum Gasteiger partial charge on any atom is -0.350 e. The van der Waals surface area contributed by atoms with E-state index >= 15 is 0 Å². The molecule has 0 bridgehead atoms. The van der Waals surface area contributed by atoms with Crippen LogP contribution >= 0.6 is 0 Å². The van der Waals surface area contributed by atoms with Gasteiger partial charge >= 0.3 is 0 Å². The Bertz CT molecular complexity index is 477. The van der Waals surface area contributed by atoms with Crippen LogP contribution in [0.2, 0.25) is 0 Å². The van der Waals surface area contributed by atoms with Crippen LogP contribution in [0.4, 0.5) is 4.39 Å². The second-order valence-corrected chi connectivity index (χ2v) is 5.02. The number of nitrogens with zero attached hydrogens (tertiary/aromatic N) is 1. The Labute approximate surface area is 130 Å². The highest BCUT2D eigenvalue weighted by atomic mass is 19.1. The molecule has 1 rings (SSSR count). The highest BCUT2D eigenvalue weighted by Crippen LogP contribution is 2.02. The van der Waals surface area contributed by atoms with Gasteiger partial charge in [-0.2, -0.15) is 0 Å². The van der Waals surface area contributed by atoms with Crippen molar-refractivity contribution in [3.8, 4) is 0 Å². The quantitative estimate of drug-likeness (QED) is 0.676. The second kappa shape index (κ2) is 9.89. The highest BCUT2D eigenvalue weighted by Gasteiger charge is 2.14. The molecule has 5 nitrogen and oxygen atoms in total. The zero-order valence-electron chi connectivity index (χ0n) is 13.2. The summed E-state index contributed by atoms with van der Waals surface area (Å²) in [5.74, 6) is -0.540. The van der Waals surface area contributed by atoms with Gasteiger partial charge in [0.2, 0.25) is 11.8 Å². The van der Waals surface area contributed by atoms with Gasteiger partial charge in [-0.3, -0.25) is 9.59 Å². The molecule has 0 heterocycles. The average Bonchev–Trinajstić information content (AvgIpc) is 2.52. The summed E-state index contributed by atoms with van der Waals surface area (Å²) in [5.41, 5.74) is 0.818. The van der Waals surface area contributed by atoms with E-state index in [2.05, 4.69) is 10.6 Å². The monoisotopic (exact) mass is 309 g/mol. The first-order chi connectivity index (χ1) is 10.6. The van der Waals surface area contributed by atoms with E-state index in [1.165, 1.54) is 17.0 Å². The van der Waals surface area contributed by atoms with Gasteiger partial charge in [-0.05, 0) is 44.6 Å². The molecule has 0 spiro atoms. The first kappa shape index (κ1) is 18.1. The zero-order chi connectivity index (χ0) is 16.4. The zero-order valence-corrected chi connectivity index (χ0v) is 13.2. The van der Waals surface area contributed by atoms with Crippen LogP contribution in [0, 0.1) is 5.82 Å². The molecule has 122 valence electrons. The number of amides is 2. The summed E-state index contributed by atoms with van der Waals surface area (Å²) in [7, 11) is 1.84. The maximum atomic E-state index is 12.8. The SMILES string of the molecule is CCN(CC(=O)NCc1ccc(F)cc1)C(=O)CCCNC. The van der Waals surface area contributed by atoms with Crippen molar-refractivity contribution < 1.29 is 14.0 Å². The molecule has 0 aliphatic carbocycles. The lowest BCUT2D eigenvalue weighted by Crippen LogP contribution is -2.40. The maximum absolute atomic E-state index is 12.8.